The van der Waals surface area contributed by atoms with Crippen LogP contribution in [0.1, 0.15) is 12.8 Å². The van der Waals surface area contributed by atoms with Crippen LogP contribution in [0.15, 0.2) is 12.2 Å². The molecule has 0 aromatic heterocycles. The largest absolute Gasteiger partial charge is 0.391 e. The van der Waals surface area contributed by atoms with E-state index in [-0.39, 0.29) is 12.8 Å². The van der Waals surface area contributed by atoms with E-state index in [0.29, 0.717) is 5.57 Å². The molecule has 76 valence electrons. The summed E-state index contributed by atoms with van der Waals surface area (Å²) in [6.45, 7) is 3.56. The Hall–Kier alpha value is 0.110. The molecule has 0 aliphatic heterocycles. The third-order valence-corrected chi connectivity index (χ3v) is 3.17. The van der Waals surface area contributed by atoms with Gasteiger partial charge in [0.15, 0.2) is 0 Å². The van der Waals surface area contributed by atoms with E-state index in [9.17, 15) is 13.2 Å². The Bertz CT molecular complexity index is 198. The zero-order valence-electron chi connectivity index (χ0n) is 6.74. The summed E-state index contributed by atoms with van der Waals surface area (Å²) in [5.41, 5.74) is 0.504. The summed E-state index contributed by atoms with van der Waals surface area (Å²) in [6.07, 6.45) is -4.40. The van der Waals surface area contributed by atoms with Gasteiger partial charge in [-0.1, -0.05) is 6.58 Å². The molecule has 5 heteroatoms. The SMILES string of the molecule is C=C1C(Cl)CC(C(F)(F)F)CC1Cl. The third-order valence-electron chi connectivity index (χ3n) is 2.25. The zero-order chi connectivity index (χ0) is 10.2. The molecule has 0 aromatic rings. The fourth-order valence-electron chi connectivity index (χ4n) is 1.36. The van der Waals surface area contributed by atoms with Gasteiger partial charge in [-0.25, -0.2) is 0 Å². The summed E-state index contributed by atoms with van der Waals surface area (Å²) in [4.78, 5) is 0. The van der Waals surface area contributed by atoms with Gasteiger partial charge >= 0.3 is 6.18 Å². The minimum atomic E-state index is -4.19. The van der Waals surface area contributed by atoms with E-state index < -0.39 is 22.8 Å². The summed E-state index contributed by atoms with van der Waals surface area (Å²) in [7, 11) is 0. The van der Waals surface area contributed by atoms with Crippen molar-refractivity contribution >= 4 is 23.2 Å². The zero-order valence-corrected chi connectivity index (χ0v) is 8.26. The molecule has 2 atom stereocenters. The number of hydrogen-bond donors (Lipinski definition) is 0. The molecule has 13 heavy (non-hydrogen) atoms. The molecule has 1 aliphatic carbocycles. The van der Waals surface area contributed by atoms with Gasteiger partial charge in [-0.2, -0.15) is 13.2 Å². The molecular formula is C8H9Cl2F3. The average Bonchev–Trinajstić information content (AvgIpc) is 1.97. The lowest BCUT2D eigenvalue weighted by atomic mass is 9.85. The smallest absolute Gasteiger partial charge is 0.171 e. The van der Waals surface area contributed by atoms with Crippen LogP contribution in [0.5, 0.6) is 0 Å². The van der Waals surface area contributed by atoms with Gasteiger partial charge in [-0.05, 0) is 18.4 Å². The predicted molar refractivity (Wildman–Crippen MR) is 47.2 cm³/mol. The molecule has 0 saturated heterocycles. The molecule has 0 spiro atoms. The second-order valence-electron chi connectivity index (χ2n) is 3.22. The Balaban J connectivity index is 2.69. The third kappa shape index (κ3) is 2.53. The van der Waals surface area contributed by atoms with Gasteiger partial charge < -0.3 is 0 Å². The van der Waals surface area contributed by atoms with Crippen molar-refractivity contribution in [1.82, 2.24) is 0 Å². The van der Waals surface area contributed by atoms with Gasteiger partial charge in [0.2, 0.25) is 0 Å². The molecule has 0 amide bonds. The summed E-state index contributed by atoms with van der Waals surface area (Å²) < 4.78 is 36.8. The van der Waals surface area contributed by atoms with Crippen molar-refractivity contribution < 1.29 is 13.2 Å². The van der Waals surface area contributed by atoms with E-state index in [1.807, 2.05) is 0 Å². The van der Waals surface area contributed by atoms with Crippen molar-refractivity contribution in [2.75, 3.05) is 0 Å². The van der Waals surface area contributed by atoms with Crippen molar-refractivity contribution in [2.24, 2.45) is 5.92 Å². The van der Waals surface area contributed by atoms with Crippen molar-refractivity contribution in [3.8, 4) is 0 Å². The van der Waals surface area contributed by atoms with Crippen molar-refractivity contribution in [3.63, 3.8) is 0 Å². The Kier molecular flexibility index (Phi) is 3.18. The van der Waals surface area contributed by atoms with Crippen molar-refractivity contribution in [3.05, 3.63) is 12.2 Å². The van der Waals surface area contributed by atoms with E-state index in [0.717, 1.165) is 0 Å². The number of allylic oxidation sites excluding steroid dienone is 1. The maximum absolute atomic E-state index is 12.3. The number of rotatable bonds is 0. The van der Waals surface area contributed by atoms with Crippen LogP contribution in [0.3, 0.4) is 0 Å². The maximum Gasteiger partial charge on any atom is 0.391 e. The minimum absolute atomic E-state index is 0.104. The molecule has 0 nitrogen and oxygen atoms in total. The van der Waals surface area contributed by atoms with Crippen LogP contribution in [0, 0.1) is 5.92 Å². The first-order valence-corrected chi connectivity index (χ1v) is 4.73. The summed E-state index contributed by atoms with van der Waals surface area (Å²) in [5, 5.41) is -1.30. The highest BCUT2D eigenvalue weighted by atomic mass is 35.5. The van der Waals surface area contributed by atoms with Crippen molar-refractivity contribution in [2.45, 2.75) is 29.8 Å². The monoisotopic (exact) mass is 232 g/mol. The second-order valence-corrected chi connectivity index (χ2v) is 4.27. The standard InChI is InChI=1S/C8H9Cl2F3/c1-4-6(9)2-5(3-7(4)10)8(11,12)13/h5-7H,1-3H2. The Morgan fingerprint density at radius 1 is 1.15 bits per heavy atom. The molecule has 0 N–H and O–H groups in total. The topological polar surface area (TPSA) is 0 Å². The molecule has 0 bridgehead atoms. The molecule has 1 fully saturated rings. The number of halogens is 5. The summed E-state index contributed by atoms with van der Waals surface area (Å²) in [5.74, 6) is -1.39. The first-order chi connectivity index (χ1) is 5.82. The van der Waals surface area contributed by atoms with E-state index in [1.165, 1.54) is 0 Å². The highest BCUT2D eigenvalue weighted by molar-refractivity contribution is 6.27. The Morgan fingerprint density at radius 2 is 1.54 bits per heavy atom. The number of hydrogen-bond acceptors (Lipinski definition) is 0. The molecule has 2 unspecified atom stereocenters. The lowest BCUT2D eigenvalue weighted by molar-refractivity contribution is -0.179. The van der Waals surface area contributed by atoms with Crippen molar-refractivity contribution in [1.29, 1.82) is 0 Å². The Morgan fingerprint density at radius 3 is 1.85 bits per heavy atom. The van der Waals surface area contributed by atoms with Gasteiger partial charge in [0.1, 0.15) is 0 Å². The fraction of sp³-hybridized carbons (Fsp3) is 0.750. The quantitative estimate of drug-likeness (QED) is 0.441. The van der Waals surface area contributed by atoms with Gasteiger partial charge in [0.25, 0.3) is 0 Å². The van der Waals surface area contributed by atoms with Crippen LogP contribution in [-0.4, -0.2) is 16.9 Å². The van der Waals surface area contributed by atoms with Gasteiger partial charge in [-0.3, -0.25) is 0 Å². The van der Waals surface area contributed by atoms with Crippen LogP contribution in [0.4, 0.5) is 13.2 Å². The van der Waals surface area contributed by atoms with Crippen LogP contribution in [-0.2, 0) is 0 Å². The van der Waals surface area contributed by atoms with E-state index in [2.05, 4.69) is 6.58 Å². The van der Waals surface area contributed by atoms with Gasteiger partial charge in [0.05, 0.1) is 16.7 Å². The first kappa shape index (κ1) is 11.2. The lowest BCUT2D eigenvalue weighted by Crippen LogP contribution is -2.34. The summed E-state index contributed by atoms with van der Waals surface area (Å²) in [6, 6.07) is 0. The van der Waals surface area contributed by atoms with Crippen LogP contribution in [0.25, 0.3) is 0 Å². The second kappa shape index (κ2) is 3.70. The molecule has 1 rings (SSSR count). The molecule has 1 saturated carbocycles. The molecule has 0 radical (unpaired) electrons. The molecular weight excluding hydrogens is 224 g/mol. The van der Waals surface area contributed by atoms with Crippen LogP contribution >= 0.6 is 23.2 Å². The highest BCUT2D eigenvalue weighted by Gasteiger charge is 2.45. The van der Waals surface area contributed by atoms with E-state index >= 15 is 0 Å². The molecule has 1 aliphatic rings. The maximum atomic E-state index is 12.3. The van der Waals surface area contributed by atoms with Crippen LogP contribution < -0.4 is 0 Å². The molecule has 0 heterocycles. The van der Waals surface area contributed by atoms with Gasteiger partial charge in [0, 0.05) is 0 Å². The van der Waals surface area contributed by atoms with Crippen LogP contribution in [0.2, 0.25) is 0 Å². The molecule has 0 aromatic carbocycles. The van der Waals surface area contributed by atoms with Gasteiger partial charge in [-0.15, -0.1) is 23.2 Å². The summed E-state index contributed by atoms with van der Waals surface area (Å²) >= 11 is 11.4. The highest BCUT2D eigenvalue weighted by Crippen LogP contribution is 2.42. The fourth-order valence-corrected chi connectivity index (χ4v) is 2.16. The van der Waals surface area contributed by atoms with E-state index in [4.69, 9.17) is 23.2 Å². The minimum Gasteiger partial charge on any atom is -0.171 e. The average molecular weight is 233 g/mol. The Labute approximate surface area is 84.7 Å². The van der Waals surface area contributed by atoms with E-state index in [1.54, 1.807) is 0 Å². The lowest BCUT2D eigenvalue weighted by Gasteiger charge is -2.32. The normalized spacial score (nSPS) is 36.4. The predicted octanol–water partition coefficient (Wildman–Crippen LogP) is 3.73. The first-order valence-electron chi connectivity index (χ1n) is 3.86. The number of alkyl halides is 5.